The van der Waals surface area contributed by atoms with E-state index in [2.05, 4.69) is 12.2 Å². The molecule has 1 N–H and O–H groups in total. The highest BCUT2D eigenvalue weighted by atomic mass is 19.4. The SMILES string of the molecule is C[C@@H](NC1CCC(C(F)(F)F)CC1)C1CCCC1. The Balaban J connectivity index is 1.73. The van der Waals surface area contributed by atoms with Crippen LogP contribution in [-0.2, 0) is 0 Å². The lowest BCUT2D eigenvalue weighted by atomic mass is 9.85. The number of hydrogen-bond donors (Lipinski definition) is 1. The molecule has 0 saturated heterocycles. The number of hydrogen-bond acceptors (Lipinski definition) is 1. The average molecular weight is 263 g/mol. The lowest BCUT2D eigenvalue weighted by molar-refractivity contribution is -0.182. The minimum absolute atomic E-state index is 0.304. The molecule has 1 atom stereocenters. The number of rotatable bonds is 3. The van der Waals surface area contributed by atoms with Gasteiger partial charge in [0.15, 0.2) is 0 Å². The van der Waals surface area contributed by atoms with E-state index < -0.39 is 12.1 Å². The third-order valence-electron chi connectivity index (χ3n) is 4.80. The van der Waals surface area contributed by atoms with Crippen molar-refractivity contribution in [2.75, 3.05) is 0 Å². The van der Waals surface area contributed by atoms with E-state index in [0.29, 0.717) is 37.8 Å². The summed E-state index contributed by atoms with van der Waals surface area (Å²) in [6, 6.07) is 0.777. The van der Waals surface area contributed by atoms with Gasteiger partial charge >= 0.3 is 6.18 Å². The van der Waals surface area contributed by atoms with E-state index in [9.17, 15) is 13.2 Å². The molecule has 0 heterocycles. The van der Waals surface area contributed by atoms with Crippen molar-refractivity contribution in [3.8, 4) is 0 Å². The first-order chi connectivity index (χ1) is 8.47. The summed E-state index contributed by atoms with van der Waals surface area (Å²) in [5, 5.41) is 3.57. The maximum atomic E-state index is 12.6. The van der Waals surface area contributed by atoms with Gasteiger partial charge in [0, 0.05) is 12.1 Å². The van der Waals surface area contributed by atoms with Crippen molar-refractivity contribution in [3.05, 3.63) is 0 Å². The van der Waals surface area contributed by atoms with Crippen LogP contribution in [-0.4, -0.2) is 18.3 Å². The lowest BCUT2D eigenvalue weighted by Gasteiger charge is -2.33. The van der Waals surface area contributed by atoms with Crippen LogP contribution in [0, 0.1) is 11.8 Å². The number of halogens is 3. The Morgan fingerprint density at radius 3 is 2.00 bits per heavy atom. The van der Waals surface area contributed by atoms with Gasteiger partial charge < -0.3 is 5.32 Å². The van der Waals surface area contributed by atoms with Gasteiger partial charge in [0.2, 0.25) is 0 Å². The smallest absolute Gasteiger partial charge is 0.311 e. The average Bonchev–Trinajstić information content (AvgIpc) is 2.82. The van der Waals surface area contributed by atoms with Gasteiger partial charge in [-0.1, -0.05) is 12.8 Å². The molecule has 2 aliphatic rings. The van der Waals surface area contributed by atoms with Crippen LogP contribution in [0.15, 0.2) is 0 Å². The summed E-state index contributed by atoms with van der Waals surface area (Å²) in [6.07, 6.45) is 3.19. The molecule has 2 saturated carbocycles. The third-order valence-corrected chi connectivity index (χ3v) is 4.80. The van der Waals surface area contributed by atoms with E-state index in [-0.39, 0.29) is 0 Å². The predicted octanol–water partition coefficient (Wildman–Crippen LogP) is 4.28. The molecular weight excluding hydrogens is 239 g/mol. The molecule has 4 heteroatoms. The summed E-state index contributed by atoms with van der Waals surface area (Å²) in [6.45, 7) is 2.20. The Morgan fingerprint density at radius 2 is 1.50 bits per heavy atom. The largest absolute Gasteiger partial charge is 0.391 e. The monoisotopic (exact) mass is 263 g/mol. The molecule has 0 radical (unpaired) electrons. The van der Waals surface area contributed by atoms with Gasteiger partial charge in [-0.15, -0.1) is 0 Å². The molecule has 0 aromatic carbocycles. The number of nitrogens with one attached hydrogen (secondary N) is 1. The zero-order valence-corrected chi connectivity index (χ0v) is 11.1. The van der Waals surface area contributed by atoms with Crippen molar-refractivity contribution in [1.82, 2.24) is 5.32 Å². The van der Waals surface area contributed by atoms with Gasteiger partial charge in [0.1, 0.15) is 0 Å². The number of alkyl halides is 3. The van der Waals surface area contributed by atoms with Crippen molar-refractivity contribution >= 4 is 0 Å². The van der Waals surface area contributed by atoms with Crippen LogP contribution in [0.5, 0.6) is 0 Å². The molecular formula is C14H24F3N. The molecule has 0 spiro atoms. The second-order valence-electron chi connectivity index (χ2n) is 6.09. The summed E-state index contributed by atoms with van der Waals surface area (Å²) in [4.78, 5) is 0. The molecule has 0 aromatic rings. The standard InChI is InChI=1S/C14H24F3N/c1-10(11-4-2-3-5-11)18-13-8-6-12(7-9-13)14(15,16)17/h10-13,18H,2-9H2,1H3/t10-,12?,13?/m1/s1. The first-order valence-electron chi connectivity index (χ1n) is 7.29. The predicted molar refractivity (Wildman–Crippen MR) is 66.4 cm³/mol. The zero-order valence-electron chi connectivity index (χ0n) is 11.1. The second kappa shape index (κ2) is 5.81. The third kappa shape index (κ3) is 3.62. The van der Waals surface area contributed by atoms with Crippen molar-refractivity contribution in [2.45, 2.75) is 76.6 Å². The van der Waals surface area contributed by atoms with Gasteiger partial charge in [-0.3, -0.25) is 0 Å². The Kier molecular flexibility index (Phi) is 4.57. The highest BCUT2D eigenvalue weighted by molar-refractivity contribution is 4.85. The fraction of sp³-hybridized carbons (Fsp3) is 1.00. The van der Waals surface area contributed by atoms with Crippen LogP contribution in [0.2, 0.25) is 0 Å². The van der Waals surface area contributed by atoms with E-state index in [1.54, 1.807) is 0 Å². The van der Waals surface area contributed by atoms with Crippen molar-refractivity contribution in [1.29, 1.82) is 0 Å². The molecule has 2 fully saturated rings. The minimum Gasteiger partial charge on any atom is -0.311 e. The lowest BCUT2D eigenvalue weighted by Crippen LogP contribution is -2.43. The zero-order chi connectivity index (χ0) is 13.2. The Hall–Kier alpha value is -0.250. The molecule has 1 nitrogen and oxygen atoms in total. The Morgan fingerprint density at radius 1 is 0.944 bits per heavy atom. The van der Waals surface area contributed by atoms with Crippen molar-refractivity contribution < 1.29 is 13.2 Å². The first-order valence-corrected chi connectivity index (χ1v) is 7.29. The molecule has 106 valence electrons. The Bertz CT molecular complexity index is 250. The minimum atomic E-state index is -3.98. The summed E-state index contributed by atoms with van der Waals surface area (Å²) in [5.41, 5.74) is 0. The van der Waals surface area contributed by atoms with E-state index in [4.69, 9.17) is 0 Å². The first kappa shape index (κ1) is 14.2. The molecule has 0 unspecified atom stereocenters. The molecule has 0 bridgehead atoms. The quantitative estimate of drug-likeness (QED) is 0.801. The highest BCUT2D eigenvalue weighted by Gasteiger charge is 2.41. The maximum absolute atomic E-state index is 12.6. The van der Waals surface area contributed by atoms with Crippen LogP contribution in [0.3, 0.4) is 0 Å². The highest BCUT2D eigenvalue weighted by Crippen LogP contribution is 2.38. The van der Waals surface area contributed by atoms with E-state index in [0.717, 1.165) is 5.92 Å². The van der Waals surface area contributed by atoms with Crippen LogP contribution in [0.1, 0.15) is 58.3 Å². The summed E-state index contributed by atoms with van der Waals surface area (Å²) >= 11 is 0. The molecule has 0 amide bonds. The second-order valence-corrected chi connectivity index (χ2v) is 6.09. The van der Waals surface area contributed by atoms with Gasteiger partial charge in [-0.25, -0.2) is 0 Å². The molecule has 0 aliphatic heterocycles. The van der Waals surface area contributed by atoms with Crippen molar-refractivity contribution in [2.24, 2.45) is 11.8 Å². The molecule has 2 rings (SSSR count). The van der Waals surface area contributed by atoms with E-state index in [1.165, 1.54) is 25.7 Å². The molecule has 2 aliphatic carbocycles. The fourth-order valence-electron chi connectivity index (χ4n) is 3.55. The van der Waals surface area contributed by atoms with E-state index >= 15 is 0 Å². The van der Waals surface area contributed by atoms with Crippen molar-refractivity contribution in [3.63, 3.8) is 0 Å². The summed E-state index contributed by atoms with van der Waals surface area (Å²) < 4.78 is 37.7. The topological polar surface area (TPSA) is 12.0 Å². The van der Waals surface area contributed by atoms with Gasteiger partial charge in [-0.05, 0) is 51.4 Å². The summed E-state index contributed by atoms with van der Waals surface area (Å²) in [7, 11) is 0. The van der Waals surface area contributed by atoms with E-state index in [1.807, 2.05) is 0 Å². The Labute approximate surface area is 108 Å². The normalized spacial score (nSPS) is 32.7. The van der Waals surface area contributed by atoms with Crippen LogP contribution >= 0.6 is 0 Å². The van der Waals surface area contributed by atoms with Gasteiger partial charge in [0.05, 0.1) is 5.92 Å². The maximum Gasteiger partial charge on any atom is 0.391 e. The molecule has 18 heavy (non-hydrogen) atoms. The van der Waals surface area contributed by atoms with Crippen LogP contribution in [0.25, 0.3) is 0 Å². The van der Waals surface area contributed by atoms with Crippen LogP contribution in [0.4, 0.5) is 13.2 Å². The summed E-state index contributed by atoms with van der Waals surface area (Å²) in [5.74, 6) is -0.317. The van der Waals surface area contributed by atoms with Crippen LogP contribution < -0.4 is 5.32 Å². The van der Waals surface area contributed by atoms with Gasteiger partial charge in [-0.2, -0.15) is 13.2 Å². The van der Waals surface area contributed by atoms with Gasteiger partial charge in [0.25, 0.3) is 0 Å². The fourth-order valence-corrected chi connectivity index (χ4v) is 3.55. The molecule has 0 aromatic heterocycles.